The van der Waals surface area contributed by atoms with Crippen molar-refractivity contribution >= 4 is 11.6 Å². The molecule has 7 nitrogen and oxygen atoms in total. The van der Waals surface area contributed by atoms with Crippen molar-refractivity contribution in [3.8, 4) is 5.75 Å². The molecule has 0 saturated heterocycles. The molecule has 4 aromatic rings. The number of pyridine rings is 2. The normalized spacial score (nSPS) is 14.6. The Morgan fingerprint density at radius 3 is 2.76 bits per heavy atom. The molecule has 3 heterocycles. The molecule has 194 valence electrons. The number of ether oxygens (including phenoxy) is 2. The van der Waals surface area contributed by atoms with Gasteiger partial charge in [0.05, 0.1) is 18.9 Å². The van der Waals surface area contributed by atoms with Crippen LogP contribution in [0.1, 0.15) is 38.3 Å². The SMILES string of the molecule is Cc1cnccc1NC(=O)c1ccc2c(c1)Cc1cccc(c1)CN(Cc1ccccn1)CCOCCO2. The molecule has 38 heavy (non-hydrogen) atoms. The fourth-order valence-electron chi connectivity index (χ4n) is 4.56. The molecular formula is C31H32N4O3. The number of aromatic nitrogens is 2. The minimum Gasteiger partial charge on any atom is -0.491 e. The van der Waals surface area contributed by atoms with Crippen LogP contribution in [-0.2, 0) is 24.2 Å². The number of aryl methyl sites for hydroxylation is 1. The van der Waals surface area contributed by atoms with Gasteiger partial charge in [-0.25, -0.2) is 0 Å². The molecule has 0 aliphatic carbocycles. The lowest BCUT2D eigenvalue weighted by atomic mass is 9.99. The first kappa shape index (κ1) is 25.6. The van der Waals surface area contributed by atoms with Crippen LogP contribution in [0.3, 0.4) is 0 Å². The standard InChI is InChI=1S/C31H32N4O3/c1-23-20-32-12-10-29(23)34-31(36)26-8-9-30-27(19-26)18-24-5-4-6-25(17-24)21-35(13-14-37-15-16-38-30)22-28-7-2-3-11-33-28/h2-12,17,19-20H,13-16,18,21-22H2,1H3,(H,32,34,36). The smallest absolute Gasteiger partial charge is 0.255 e. The summed E-state index contributed by atoms with van der Waals surface area (Å²) in [4.78, 5) is 24.0. The van der Waals surface area contributed by atoms with Crippen molar-refractivity contribution in [1.29, 1.82) is 0 Å². The second-order valence-electron chi connectivity index (χ2n) is 9.46. The molecular weight excluding hydrogens is 476 g/mol. The Hall–Kier alpha value is -4.07. The minimum absolute atomic E-state index is 0.163. The van der Waals surface area contributed by atoms with Crippen molar-refractivity contribution in [2.45, 2.75) is 26.4 Å². The predicted octanol–water partition coefficient (Wildman–Crippen LogP) is 5.04. The van der Waals surface area contributed by atoms with E-state index in [0.717, 1.165) is 47.9 Å². The number of fused-ring (bicyclic) bond motifs is 3. The minimum atomic E-state index is -0.163. The summed E-state index contributed by atoms with van der Waals surface area (Å²) in [5.74, 6) is 0.605. The van der Waals surface area contributed by atoms with Crippen molar-refractivity contribution in [2.75, 3.05) is 31.7 Å². The van der Waals surface area contributed by atoms with Crippen molar-refractivity contribution < 1.29 is 14.3 Å². The summed E-state index contributed by atoms with van der Waals surface area (Å²) in [5.41, 5.74) is 6.64. The van der Waals surface area contributed by atoms with E-state index in [0.29, 0.717) is 31.8 Å². The van der Waals surface area contributed by atoms with E-state index in [2.05, 4.69) is 50.5 Å². The number of amides is 1. The van der Waals surface area contributed by atoms with Crippen LogP contribution < -0.4 is 10.1 Å². The summed E-state index contributed by atoms with van der Waals surface area (Å²) in [6.07, 6.45) is 5.89. The van der Waals surface area contributed by atoms with Crippen LogP contribution in [0.5, 0.6) is 5.75 Å². The van der Waals surface area contributed by atoms with Gasteiger partial charge in [0.1, 0.15) is 12.4 Å². The molecule has 2 bridgehead atoms. The number of carbonyl (C=O) groups is 1. The number of rotatable bonds is 4. The Morgan fingerprint density at radius 1 is 0.974 bits per heavy atom. The Labute approximate surface area is 223 Å². The molecule has 2 aromatic heterocycles. The van der Waals surface area contributed by atoms with Crippen LogP contribution in [0.2, 0.25) is 0 Å². The third kappa shape index (κ3) is 6.82. The van der Waals surface area contributed by atoms with Gasteiger partial charge in [0, 0.05) is 55.9 Å². The van der Waals surface area contributed by atoms with Crippen LogP contribution in [0, 0.1) is 6.92 Å². The van der Waals surface area contributed by atoms with Gasteiger partial charge in [-0.15, -0.1) is 0 Å². The van der Waals surface area contributed by atoms with E-state index in [-0.39, 0.29) is 5.91 Å². The number of hydrogen-bond donors (Lipinski definition) is 1. The lowest BCUT2D eigenvalue weighted by molar-refractivity contribution is 0.0754. The van der Waals surface area contributed by atoms with Crippen molar-refractivity contribution in [1.82, 2.24) is 14.9 Å². The molecule has 0 atom stereocenters. The fourth-order valence-corrected chi connectivity index (χ4v) is 4.56. The van der Waals surface area contributed by atoms with Crippen LogP contribution >= 0.6 is 0 Å². The molecule has 0 spiro atoms. The number of hydrogen-bond acceptors (Lipinski definition) is 6. The van der Waals surface area contributed by atoms with Gasteiger partial charge in [-0.1, -0.05) is 30.3 Å². The molecule has 1 aliphatic heterocycles. The van der Waals surface area contributed by atoms with Gasteiger partial charge in [-0.2, -0.15) is 0 Å². The van der Waals surface area contributed by atoms with E-state index in [4.69, 9.17) is 9.47 Å². The summed E-state index contributed by atoms with van der Waals surface area (Å²) >= 11 is 0. The maximum Gasteiger partial charge on any atom is 0.255 e. The lowest BCUT2D eigenvalue weighted by Crippen LogP contribution is -2.28. The summed E-state index contributed by atoms with van der Waals surface area (Å²) in [6.45, 7) is 5.81. The predicted molar refractivity (Wildman–Crippen MR) is 147 cm³/mol. The monoisotopic (exact) mass is 508 g/mol. The number of carbonyl (C=O) groups excluding carboxylic acids is 1. The van der Waals surface area contributed by atoms with Crippen LogP contribution in [-0.4, -0.2) is 47.1 Å². The first-order chi connectivity index (χ1) is 18.6. The maximum atomic E-state index is 13.1. The average molecular weight is 509 g/mol. The van der Waals surface area contributed by atoms with Gasteiger partial charge in [0.15, 0.2) is 0 Å². The second kappa shape index (κ2) is 12.4. The molecule has 0 unspecified atom stereocenters. The topological polar surface area (TPSA) is 76.6 Å². The third-order valence-corrected chi connectivity index (χ3v) is 6.53. The lowest BCUT2D eigenvalue weighted by Gasteiger charge is -2.23. The van der Waals surface area contributed by atoms with E-state index in [1.165, 1.54) is 11.1 Å². The molecule has 1 N–H and O–H groups in total. The van der Waals surface area contributed by atoms with E-state index < -0.39 is 0 Å². The fraction of sp³-hybridized carbons (Fsp3) is 0.258. The molecule has 2 aromatic carbocycles. The van der Waals surface area contributed by atoms with E-state index >= 15 is 0 Å². The number of benzene rings is 2. The van der Waals surface area contributed by atoms with Crippen molar-refractivity contribution in [3.63, 3.8) is 0 Å². The van der Waals surface area contributed by atoms with Gasteiger partial charge in [-0.05, 0) is 65.6 Å². The second-order valence-corrected chi connectivity index (χ2v) is 9.46. The molecule has 1 amide bonds. The molecule has 1 aliphatic rings. The zero-order valence-corrected chi connectivity index (χ0v) is 21.6. The van der Waals surface area contributed by atoms with Crippen LogP contribution in [0.25, 0.3) is 0 Å². The van der Waals surface area contributed by atoms with Crippen LogP contribution in [0.4, 0.5) is 5.69 Å². The van der Waals surface area contributed by atoms with Crippen molar-refractivity contribution in [2.24, 2.45) is 0 Å². The summed E-state index contributed by atoms with van der Waals surface area (Å²) in [6, 6.07) is 22.0. The summed E-state index contributed by atoms with van der Waals surface area (Å²) in [7, 11) is 0. The molecule has 0 saturated carbocycles. The highest BCUT2D eigenvalue weighted by Crippen LogP contribution is 2.25. The van der Waals surface area contributed by atoms with Gasteiger partial charge in [0.2, 0.25) is 0 Å². The molecule has 7 heteroatoms. The third-order valence-electron chi connectivity index (χ3n) is 6.53. The Kier molecular flexibility index (Phi) is 8.38. The van der Waals surface area contributed by atoms with Gasteiger partial charge in [0.25, 0.3) is 5.91 Å². The highest BCUT2D eigenvalue weighted by molar-refractivity contribution is 6.04. The van der Waals surface area contributed by atoms with Gasteiger partial charge in [-0.3, -0.25) is 19.7 Å². The van der Waals surface area contributed by atoms with Gasteiger partial charge >= 0.3 is 0 Å². The highest BCUT2D eigenvalue weighted by atomic mass is 16.5. The Morgan fingerprint density at radius 2 is 1.89 bits per heavy atom. The Balaban J connectivity index is 1.38. The largest absolute Gasteiger partial charge is 0.491 e. The van der Waals surface area contributed by atoms with Crippen molar-refractivity contribution in [3.05, 3.63) is 119 Å². The quantitative estimate of drug-likeness (QED) is 0.416. The Bertz CT molecular complexity index is 1380. The molecule has 5 rings (SSSR count). The zero-order valence-electron chi connectivity index (χ0n) is 21.6. The highest BCUT2D eigenvalue weighted by Gasteiger charge is 2.15. The van der Waals surface area contributed by atoms with E-state index in [9.17, 15) is 4.79 Å². The van der Waals surface area contributed by atoms with E-state index in [1.807, 2.05) is 37.4 Å². The average Bonchev–Trinajstić information content (AvgIpc) is 2.93. The summed E-state index contributed by atoms with van der Waals surface area (Å²) < 4.78 is 12.0. The first-order valence-electron chi connectivity index (χ1n) is 12.9. The number of nitrogens with one attached hydrogen (secondary N) is 1. The molecule has 0 radical (unpaired) electrons. The van der Waals surface area contributed by atoms with Crippen LogP contribution in [0.15, 0.2) is 85.3 Å². The van der Waals surface area contributed by atoms with Gasteiger partial charge < -0.3 is 14.8 Å². The number of nitrogens with zero attached hydrogens (tertiary/aromatic N) is 3. The summed E-state index contributed by atoms with van der Waals surface area (Å²) in [5, 5.41) is 3.00. The zero-order chi connectivity index (χ0) is 26.2. The number of anilines is 1. The maximum absolute atomic E-state index is 13.1. The molecule has 0 fully saturated rings. The first-order valence-corrected chi connectivity index (χ1v) is 12.9. The van der Waals surface area contributed by atoms with E-state index in [1.54, 1.807) is 24.5 Å².